The summed E-state index contributed by atoms with van der Waals surface area (Å²) >= 11 is 0. The van der Waals surface area contributed by atoms with Gasteiger partial charge in [-0.05, 0) is 31.2 Å². The number of rotatable bonds is 6. The van der Waals surface area contributed by atoms with Gasteiger partial charge in [-0.1, -0.05) is 25.5 Å². The maximum atomic E-state index is 10.6. The van der Waals surface area contributed by atoms with E-state index in [0.717, 1.165) is 11.5 Å². The highest BCUT2D eigenvalue weighted by Crippen LogP contribution is 2.36. The van der Waals surface area contributed by atoms with E-state index in [2.05, 4.69) is 19.2 Å². The average molecular weight is 248 g/mol. The van der Waals surface area contributed by atoms with Crippen LogP contribution >= 0.6 is 0 Å². The third-order valence-electron chi connectivity index (χ3n) is 3.65. The van der Waals surface area contributed by atoms with Crippen LogP contribution in [0.25, 0.3) is 0 Å². The number of nitro groups is 1. The second-order valence-corrected chi connectivity index (χ2v) is 5.13. The fraction of sp³-hybridized carbons (Fsp3) is 0.571. The van der Waals surface area contributed by atoms with Crippen LogP contribution in [0.3, 0.4) is 0 Å². The third-order valence-corrected chi connectivity index (χ3v) is 3.65. The van der Waals surface area contributed by atoms with E-state index in [4.69, 9.17) is 0 Å². The summed E-state index contributed by atoms with van der Waals surface area (Å²) in [6, 6.07) is 7.72. The van der Waals surface area contributed by atoms with Crippen molar-refractivity contribution in [3.63, 3.8) is 0 Å². The Hall–Kier alpha value is -1.42. The Morgan fingerprint density at radius 2 is 2.11 bits per heavy atom. The van der Waals surface area contributed by atoms with E-state index in [9.17, 15) is 10.1 Å². The predicted octanol–water partition coefficient (Wildman–Crippen LogP) is 3.43. The number of nitrogens with one attached hydrogen (secondary N) is 1. The lowest BCUT2D eigenvalue weighted by molar-refractivity contribution is -0.384. The highest BCUT2D eigenvalue weighted by Gasteiger charge is 2.36. The molecule has 1 aliphatic carbocycles. The van der Waals surface area contributed by atoms with Crippen molar-refractivity contribution in [3.05, 3.63) is 39.9 Å². The van der Waals surface area contributed by atoms with Crippen LogP contribution in [0.2, 0.25) is 0 Å². The number of nitrogens with zero attached hydrogens (tertiary/aromatic N) is 1. The first-order chi connectivity index (χ1) is 8.61. The number of hydrogen-bond acceptors (Lipinski definition) is 3. The maximum Gasteiger partial charge on any atom is 0.269 e. The van der Waals surface area contributed by atoms with E-state index >= 15 is 0 Å². The quantitative estimate of drug-likeness (QED) is 0.619. The van der Waals surface area contributed by atoms with Crippen LogP contribution in [0.15, 0.2) is 24.3 Å². The minimum absolute atomic E-state index is 0.154. The Balaban J connectivity index is 1.89. The second-order valence-electron chi connectivity index (χ2n) is 5.13. The van der Waals surface area contributed by atoms with Gasteiger partial charge in [-0.25, -0.2) is 0 Å². The van der Waals surface area contributed by atoms with Crippen LogP contribution in [0.4, 0.5) is 5.69 Å². The molecule has 0 aliphatic heterocycles. The Kier molecular flexibility index (Phi) is 3.97. The van der Waals surface area contributed by atoms with Gasteiger partial charge in [0.1, 0.15) is 0 Å². The van der Waals surface area contributed by atoms with Crippen molar-refractivity contribution in [1.82, 2.24) is 5.32 Å². The Morgan fingerprint density at radius 3 is 2.67 bits per heavy atom. The van der Waals surface area contributed by atoms with E-state index in [0.29, 0.717) is 6.04 Å². The summed E-state index contributed by atoms with van der Waals surface area (Å²) in [6.07, 6.45) is 3.81. The summed E-state index contributed by atoms with van der Waals surface area (Å²) in [5.74, 6) is 0.829. The molecule has 3 atom stereocenters. The van der Waals surface area contributed by atoms with Gasteiger partial charge in [0.2, 0.25) is 0 Å². The number of benzene rings is 1. The topological polar surface area (TPSA) is 55.2 Å². The van der Waals surface area contributed by atoms with Gasteiger partial charge in [0.05, 0.1) is 4.92 Å². The Bertz CT molecular complexity index is 416. The summed E-state index contributed by atoms with van der Waals surface area (Å²) < 4.78 is 0. The molecule has 0 radical (unpaired) electrons. The highest BCUT2D eigenvalue weighted by atomic mass is 16.6. The normalized spacial score (nSPS) is 23.7. The molecule has 3 unspecified atom stereocenters. The standard InChI is InChI=1S/C14H20N2O2/c1-3-4-12-9-14(12)15-10(2)11-5-7-13(8-6-11)16(17)18/h5-8,10,12,14-15H,3-4,9H2,1-2H3. The molecule has 1 fully saturated rings. The lowest BCUT2D eigenvalue weighted by Crippen LogP contribution is -2.22. The summed E-state index contributed by atoms with van der Waals surface area (Å²) in [5, 5.41) is 14.2. The molecule has 1 aromatic rings. The zero-order chi connectivity index (χ0) is 13.1. The molecule has 4 heteroatoms. The first kappa shape index (κ1) is 13.0. The largest absolute Gasteiger partial charge is 0.307 e. The minimum Gasteiger partial charge on any atom is -0.307 e. The smallest absolute Gasteiger partial charge is 0.269 e. The molecule has 0 heterocycles. The summed E-state index contributed by atoms with van der Waals surface area (Å²) in [6.45, 7) is 4.33. The fourth-order valence-corrected chi connectivity index (χ4v) is 2.44. The van der Waals surface area contributed by atoms with Crippen LogP contribution in [-0.2, 0) is 0 Å². The summed E-state index contributed by atoms with van der Waals surface area (Å²) in [4.78, 5) is 10.2. The number of hydrogen-bond donors (Lipinski definition) is 1. The molecule has 0 bridgehead atoms. The molecule has 2 rings (SSSR count). The molecule has 1 aromatic carbocycles. The van der Waals surface area contributed by atoms with Gasteiger partial charge >= 0.3 is 0 Å². The first-order valence-corrected chi connectivity index (χ1v) is 6.62. The van der Waals surface area contributed by atoms with Gasteiger partial charge in [-0.15, -0.1) is 0 Å². The predicted molar refractivity (Wildman–Crippen MR) is 71.5 cm³/mol. The summed E-state index contributed by atoms with van der Waals surface area (Å²) in [7, 11) is 0. The van der Waals surface area contributed by atoms with Gasteiger partial charge in [0.25, 0.3) is 5.69 Å². The number of nitro benzene ring substituents is 1. The Morgan fingerprint density at radius 1 is 1.44 bits per heavy atom. The molecule has 0 spiro atoms. The second kappa shape index (κ2) is 5.48. The SMILES string of the molecule is CCCC1CC1NC(C)c1ccc([N+](=O)[O-])cc1. The van der Waals surface area contributed by atoms with Crippen LogP contribution in [0, 0.1) is 16.0 Å². The van der Waals surface area contributed by atoms with E-state index in [1.165, 1.54) is 19.3 Å². The van der Waals surface area contributed by atoms with Gasteiger partial charge < -0.3 is 5.32 Å². The van der Waals surface area contributed by atoms with Crippen molar-refractivity contribution in [2.45, 2.75) is 45.2 Å². The van der Waals surface area contributed by atoms with E-state index in [1.54, 1.807) is 12.1 Å². The Labute approximate surface area is 108 Å². The van der Waals surface area contributed by atoms with E-state index in [1.807, 2.05) is 12.1 Å². The van der Waals surface area contributed by atoms with E-state index in [-0.39, 0.29) is 16.7 Å². The van der Waals surface area contributed by atoms with Crippen molar-refractivity contribution < 1.29 is 4.92 Å². The molecule has 1 saturated carbocycles. The number of non-ortho nitro benzene ring substituents is 1. The van der Waals surface area contributed by atoms with Crippen molar-refractivity contribution in [2.24, 2.45) is 5.92 Å². The van der Waals surface area contributed by atoms with Crippen molar-refractivity contribution in [2.75, 3.05) is 0 Å². The molecule has 98 valence electrons. The third kappa shape index (κ3) is 3.07. The van der Waals surface area contributed by atoms with Crippen LogP contribution in [0.5, 0.6) is 0 Å². The monoisotopic (exact) mass is 248 g/mol. The van der Waals surface area contributed by atoms with Gasteiger partial charge in [0, 0.05) is 24.2 Å². The summed E-state index contributed by atoms with van der Waals surface area (Å²) in [5.41, 5.74) is 1.27. The van der Waals surface area contributed by atoms with Crippen LogP contribution in [-0.4, -0.2) is 11.0 Å². The lowest BCUT2D eigenvalue weighted by Gasteiger charge is -2.14. The zero-order valence-electron chi connectivity index (χ0n) is 10.9. The molecular formula is C14H20N2O2. The minimum atomic E-state index is -0.361. The van der Waals surface area contributed by atoms with Crippen LogP contribution in [0.1, 0.15) is 44.7 Å². The van der Waals surface area contributed by atoms with Gasteiger partial charge in [0.15, 0.2) is 0 Å². The van der Waals surface area contributed by atoms with Gasteiger partial charge in [-0.3, -0.25) is 10.1 Å². The highest BCUT2D eigenvalue weighted by molar-refractivity contribution is 5.34. The first-order valence-electron chi connectivity index (χ1n) is 6.62. The van der Waals surface area contributed by atoms with Gasteiger partial charge in [-0.2, -0.15) is 0 Å². The molecule has 0 saturated heterocycles. The molecule has 1 aliphatic rings. The van der Waals surface area contributed by atoms with Crippen molar-refractivity contribution >= 4 is 5.69 Å². The molecule has 18 heavy (non-hydrogen) atoms. The molecule has 0 aromatic heterocycles. The molecule has 0 amide bonds. The van der Waals surface area contributed by atoms with Crippen molar-refractivity contribution in [3.8, 4) is 0 Å². The van der Waals surface area contributed by atoms with Crippen molar-refractivity contribution in [1.29, 1.82) is 0 Å². The molecular weight excluding hydrogens is 228 g/mol. The average Bonchev–Trinajstić information content (AvgIpc) is 3.08. The molecule has 4 nitrogen and oxygen atoms in total. The van der Waals surface area contributed by atoms with E-state index < -0.39 is 0 Å². The molecule has 1 N–H and O–H groups in total. The van der Waals surface area contributed by atoms with Crippen LogP contribution < -0.4 is 5.32 Å². The zero-order valence-corrected chi connectivity index (χ0v) is 10.9. The lowest BCUT2D eigenvalue weighted by atomic mass is 10.1. The fourth-order valence-electron chi connectivity index (χ4n) is 2.44. The maximum absolute atomic E-state index is 10.6.